The van der Waals surface area contributed by atoms with E-state index in [0.29, 0.717) is 0 Å². The summed E-state index contributed by atoms with van der Waals surface area (Å²) in [7, 11) is -3.43. The molecular weight excluding hydrogens is 191 g/mol. The van der Waals surface area contributed by atoms with E-state index in [1.807, 2.05) is 0 Å². The van der Waals surface area contributed by atoms with Crippen LogP contribution in [0, 0.1) is 0 Å². The average Bonchev–Trinajstić information content (AvgIpc) is 2.12. The number of hydrogen-bond acceptors (Lipinski definition) is 4. The maximum atomic E-state index is 11.6. The van der Waals surface area contributed by atoms with E-state index in [2.05, 4.69) is 0 Å². The van der Waals surface area contributed by atoms with Crippen LogP contribution in [0.1, 0.15) is 20.8 Å². The van der Waals surface area contributed by atoms with Crippen molar-refractivity contribution in [3.8, 4) is 0 Å². The third-order valence-electron chi connectivity index (χ3n) is 0.939. The summed E-state index contributed by atoms with van der Waals surface area (Å²) in [5.41, 5.74) is 0. The van der Waals surface area contributed by atoms with E-state index in [-0.39, 0.29) is 6.61 Å². The zero-order chi connectivity index (χ0) is 10.2. The van der Waals surface area contributed by atoms with Gasteiger partial charge in [-0.1, -0.05) is 12.2 Å². The molecule has 0 aliphatic heterocycles. The van der Waals surface area contributed by atoms with E-state index < -0.39 is 7.82 Å². The largest absolute Gasteiger partial charge is 0.586 e. The Bertz CT molecular complexity index is 204. The summed E-state index contributed by atoms with van der Waals surface area (Å²) in [4.78, 5) is 0. The van der Waals surface area contributed by atoms with Gasteiger partial charge in [0.2, 0.25) is 0 Å². The van der Waals surface area contributed by atoms with Crippen molar-refractivity contribution in [3.05, 3.63) is 24.7 Å². The van der Waals surface area contributed by atoms with Gasteiger partial charge in [0.1, 0.15) is 0 Å². The first kappa shape index (κ1) is 12.3. The van der Waals surface area contributed by atoms with E-state index in [4.69, 9.17) is 13.6 Å². The number of phosphoric ester groups is 1. The fourth-order valence-corrected chi connectivity index (χ4v) is 1.54. The predicted octanol–water partition coefficient (Wildman–Crippen LogP) is 3.23. The molecule has 0 rings (SSSR count). The fraction of sp³-hybridized carbons (Fsp3) is 0.500. The lowest BCUT2D eigenvalue weighted by atomic mass is 10.8. The molecule has 0 aromatic carbocycles. The molecule has 4 nitrogen and oxygen atoms in total. The number of allylic oxidation sites excluding steroid dienone is 2. The van der Waals surface area contributed by atoms with Gasteiger partial charge in [0.15, 0.2) is 0 Å². The average molecular weight is 206 g/mol. The van der Waals surface area contributed by atoms with Crippen LogP contribution in [-0.2, 0) is 18.1 Å². The van der Waals surface area contributed by atoms with Crippen LogP contribution in [0.3, 0.4) is 0 Å². The summed E-state index contributed by atoms with van der Waals surface area (Å²) in [6, 6.07) is 0. The van der Waals surface area contributed by atoms with Crippen LogP contribution < -0.4 is 0 Å². The SMILES string of the molecule is CC=COP(=O)(OC=CC)OCC. The second kappa shape index (κ2) is 6.75. The van der Waals surface area contributed by atoms with E-state index in [1.54, 1.807) is 32.9 Å². The Morgan fingerprint density at radius 2 is 1.62 bits per heavy atom. The summed E-state index contributed by atoms with van der Waals surface area (Å²) >= 11 is 0. The lowest BCUT2D eigenvalue weighted by Crippen LogP contribution is -1.92. The van der Waals surface area contributed by atoms with E-state index in [1.165, 1.54) is 12.5 Å². The molecule has 0 N–H and O–H groups in total. The summed E-state index contributed by atoms with van der Waals surface area (Å²) in [5, 5.41) is 0. The fourth-order valence-electron chi connectivity index (χ4n) is 0.515. The quantitative estimate of drug-likeness (QED) is 0.494. The standard InChI is InChI=1S/C8H15O4P/c1-4-7-11-13(9,10-6-3)12-8-5-2/h4-5,7-8H,6H2,1-3H3. The topological polar surface area (TPSA) is 44.8 Å². The molecule has 5 heteroatoms. The Morgan fingerprint density at radius 3 is 1.92 bits per heavy atom. The van der Waals surface area contributed by atoms with Crippen LogP contribution in [0.25, 0.3) is 0 Å². The molecule has 0 heterocycles. The minimum atomic E-state index is -3.43. The Balaban J connectivity index is 4.24. The number of phosphoric acid groups is 1. The van der Waals surface area contributed by atoms with Gasteiger partial charge in [-0.05, 0) is 20.8 Å². The molecule has 0 aromatic heterocycles. The highest BCUT2D eigenvalue weighted by Gasteiger charge is 2.25. The molecule has 0 spiro atoms. The third-order valence-corrected chi connectivity index (χ3v) is 2.27. The lowest BCUT2D eigenvalue weighted by molar-refractivity contribution is 0.186. The first-order valence-electron chi connectivity index (χ1n) is 4.02. The van der Waals surface area contributed by atoms with Crippen LogP contribution in [-0.4, -0.2) is 6.61 Å². The van der Waals surface area contributed by atoms with Gasteiger partial charge in [-0.25, -0.2) is 4.57 Å². The molecular formula is C8H15O4P. The lowest BCUT2D eigenvalue weighted by Gasteiger charge is -2.13. The minimum absolute atomic E-state index is 0.270. The smallest absolute Gasteiger partial charge is 0.403 e. The van der Waals surface area contributed by atoms with Gasteiger partial charge in [0, 0.05) is 0 Å². The zero-order valence-corrected chi connectivity index (χ0v) is 8.99. The Morgan fingerprint density at radius 1 is 1.15 bits per heavy atom. The monoisotopic (exact) mass is 206 g/mol. The molecule has 0 aromatic rings. The first-order chi connectivity index (χ1) is 6.18. The zero-order valence-electron chi connectivity index (χ0n) is 8.10. The predicted molar refractivity (Wildman–Crippen MR) is 51.0 cm³/mol. The highest BCUT2D eigenvalue weighted by molar-refractivity contribution is 7.48. The highest BCUT2D eigenvalue weighted by atomic mass is 31.2. The second-order valence-corrected chi connectivity index (χ2v) is 3.59. The molecule has 0 saturated carbocycles. The van der Waals surface area contributed by atoms with Crippen molar-refractivity contribution in [2.75, 3.05) is 6.61 Å². The van der Waals surface area contributed by atoms with Gasteiger partial charge in [0.25, 0.3) is 0 Å². The maximum Gasteiger partial charge on any atom is 0.586 e. The normalized spacial score (nSPS) is 16.2. The number of hydrogen-bond donors (Lipinski definition) is 0. The van der Waals surface area contributed by atoms with Gasteiger partial charge in [-0.15, -0.1) is 0 Å². The van der Waals surface area contributed by atoms with Crippen molar-refractivity contribution in [2.45, 2.75) is 20.8 Å². The van der Waals surface area contributed by atoms with Gasteiger partial charge in [-0.2, -0.15) is 0 Å². The summed E-state index contributed by atoms with van der Waals surface area (Å²) in [6.45, 7) is 5.47. The summed E-state index contributed by atoms with van der Waals surface area (Å²) < 4.78 is 26.0. The summed E-state index contributed by atoms with van der Waals surface area (Å²) in [6.07, 6.45) is 5.76. The summed E-state index contributed by atoms with van der Waals surface area (Å²) in [5.74, 6) is 0. The van der Waals surface area contributed by atoms with Gasteiger partial charge in [-0.3, -0.25) is 4.52 Å². The van der Waals surface area contributed by atoms with Crippen molar-refractivity contribution in [1.29, 1.82) is 0 Å². The van der Waals surface area contributed by atoms with E-state index >= 15 is 0 Å². The van der Waals surface area contributed by atoms with Gasteiger partial charge < -0.3 is 9.05 Å². The molecule has 0 radical (unpaired) electrons. The third kappa shape index (κ3) is 5.50. The Labute approximate surface area is 78.8 Å². The van der Waals surface area contributed by atoms with Gasteiger partial charge >= 0.3 is 7.82 Å². The Hall–Kier alpha value is -0.730. The molecule has 13 heavy (non-hydrogen) atoms. The van der Waals surface area contributed by atoms with Crippen LogP contribution in [0.15, 0.2) is 24.7 Å². The molecule has 0 unspecified atom stereocenters. The Kier molecular flexibility index (Phi) is 6.37. The molecule has 0 aliphatic rings. The molecule has 76 valence electrons. The van der Waals surface area contributed by atoms with Crippen LogP contribution in [0.2, 0.25) is 0 Å². The van der Waals surface area contributed by atoms with Crippen molar-refractivity contribution >= 4 is 7.82 Å². The van der Waals surface area contributed by atoms with Crippen molar-refractivity contribution in [3.63, 3.8) is 0 Å². The molecule has 0 atom stereocenters. The minimum Gasteiger partial charge on any atom is -0.403 e. The van der Waals surface area contributed by atoms with Crippen LogP contribution in [0.5, 0.6) is 0 Å². The number of rotatable bonds is 6. The molecule has 0 bridgehead atoms. The van der Waals surface area contributed by atoms with Gasteiger partial charge in [0.05, 0.1) is 19.1 Å². The molecule has 0 aliphatic carbocycles. The second-order valence-electron chi connectivity index (χ2n) is 2.01. The van der Waals surface area contributed by atoms with Crippen LogP contribution in [0.4, 0.5) is 0 Å². The molecule has 0 fully saturated rings. The van der Waals surface area contributed by atoms with Crippen molar-refractivity contribution in [1.82, 2.24) is 0 Å². The molecule has 0 amide bonds. The maximum absolute atomic E-state index is 11.6. The first-order valence-corrected chi connectivity index (χ1v) is 5.48. The van der Waals surface area contributed by atoms with Crippen molar-refractivity contribution < 1.29 is 18.1 Å². The highest BCUT2D eigenvalue weighted by Crippen LogP contribution is 2.49. The van der Waals surface area contributed by atoms with Crippen LogP contribution >= 0.6 is 7.82 Å². The van der Waals surface area contributed by atoms with E-state index in [9.17, 15) is 4.57 Å². The van der Waals surface area contributed by atoms with Crippen molar-refractivity contribution in [2.24, 2.45) is 0 Å². The van der Waals surface area contributed by atoms with E-state index in [0.717, 1.165) is 0 Å². The molecule has 0 saturated heterocycles.